The predicted octanol–water partition coefficient (Wildman–Crippen LogP) is 0.733. The third kappa shape index (κ3) is 2.31. The monoisotopic (exact) mass is 258 g/mol. The molecule has 2 rings (SSSR count). The number of thiazole rings is 1. The Hall–Kier alpha value is -1.60. The van der Waals surface area contributed by atoms with Crippen LogP contribution < -0.4 is 11.5 Å². The van der Waals surface area contributed by atoms with Gasteiger partial charge in [-0.1, -0.05) is 0 Å². The van der Waals surface area contributed by atoms with Gasteiger partial charge in [-0.25, -0.2) is 4.98 Å². The summed E-state index contributed by atoms with van der Waals surface area (Å²) in [4.78, 5) is 5.28. The minimum absolute atomic E-state index is 0. The van der Waals surface area contributed by atoms with Crippen molar-refractivity contribution in [2.45, 2.75) is 6.92 Å². The Bertz CT molecular complexity index is 536. The van der Waals surface area contributed by atoms with Crippen LogP contribution in [0.25, 0.3) is 4.96 Å². The lowest BCUT2D eigenvalue weighted by molar-refractivity contribution is 1.17. The SMILES string of the molecule is Cc1nc2sccn2c1/C=N/N=C(N)N.Cl. The Morgan fingerprint density at radius 2 is 2.31 bits per heavy atom. The Labute approximate surface area is 102 Å². The molecule has 0 spiro atoms. The highest BCUT2D eigenvalue weighted by atomic mass is 35.5. The molecule has 0 aliphatic heterocycles. The van der Waals surface area contributed by atoms with Crippen molar-refractivity contribution in [1.82, 2.24) is 9.38 Å². The van der Waals surface area contributed by atoms with Crippen molar-refractivity contribution in [3.05, 3.63) is 23.0 Å². The largest absolute Gasteiger partial charge is 0.369 e. The summed E-state index contributed by atoms with van der Waals surface area (Å²) in [6.07, 6.45) is 3.51. The maximum absolute atomic E-state index is 5.16. The Morgan fingerprint density at radius 1 is 1.56 bits per heavy atom. The van der Waals surface area contributed by atoms with E-state index in [2.05, 4.69) is 15.2 Å². The first-order valence-electron chi connectivity index (χ1n) is 4.22. The molecule has 86 valence electrons. The molecule has 2 heterocycles. The molecule has 0 radical (unpaired) electrons. The van der Waals surface area contributed by atoms with Gasteiger partial charge in [-0.2, -0.15) is 5.10 Å². The topological polar surface area (TPSA) is 94.1 Å². The van der Waals surface area contributed by atoms with Gasteiger partial charge in [0.25, 0.3) is 0 Å². The quantitative estimate of drug-likeness (QED) is 0.472. The molecule has 0 aliphatic rings. The highest BCUT2D eigenvalue weighted by Crippen LogP contribution is 2.14. The zero-order valence-electron chi connectivity index (χ0n) is 8.49. The molecular formula is C8H11ClN6S. The van der Waals surface area contributed by atoms with Gasteiger partial charge in [-0.15, -0.1) is 28.8 Å². The Morgan fingerprint density at radius 3 is 3.00 bits per heavy atom. The second-order valence-electron chi connectivity index (χ2n) is 2.91. The number of aromatic nitrogens is 2. The number of aryl methyl sites for hydroxylation is 1. The van der Waals surface area contributed by atoms with E-state index in [1.54, 1.807) is 17.6 Å². The zero-order chi connectivity index (χ0) is 10.8. The van der Waals surface area contributed by atoms with E-state index >= 15 is 0 Å². The molecule has 4 N–H and O–H groups in total. The molecule has 0 bridgehead atoms. The maximum atomic E-state index is 5.16. The molecule has 2 aromatic rings. The van der Waals surface area contributed by atoms with Gasteiger partial charge in [-0.3, -0.25) is 4.40 Å². The Kier molecular flexibility index (Phi) is 3.86. The molecule has 8 heteroatoms. The van der Waals surface area contributed by atoms with E-state index in [-0.39, 0.29) is 18.4 Å². The number of nitrogens with zero attached hydrogens (tertiary/aromatic N) is 4. The van der Waals surface area contributed by atoms with Crippen LogP contribution in [0.1, 0.15) is 11.4 Å². The summed E-state index contributed by atoms with van der Waals surface area (Å²) in [7, 11) is 0. The van der Waals surface area contributed by atoms with Crippen LogP contribution in [0.15, 0.2) is 21.8 Å². The van der Waals surface area contributed by atoms with E-state index < -0.39 is 0 Å². The van der Waals surface area contributed by atoms with Crippen LogP contribution >= 0.6 is 23.7 Å². The molecule has 6 nitrogen and oxygen atoms in total. The number of nitrogens with two attached hydrogens (primary N) is 2. The molecule has 0 atom stereocenters. The zero-order valence-corrected chi connectivity index (χ0v) is 10.1. The van der Waals surface area contributed by atoms with E-state index in [1.165, 1.54) is 0 Å². The average Bonchev–Trinajstić information content (AvgIpc) is 2.68. The fraction of sp³-hybridized carbons (Fsp3) is 0.125. The van der Waals surface area contributed by atoms with Gasteiger partial charge >= 0.3 is 0 Å². The lowest BCUT2D eigenvalue weighted by Crippen LogP contribution is -2.21. The first kappa shape index (κ1) is 12.5. The van der Waals surface area contributed by atoms with Crippen LogP contribution in [0.5, 0.6) is 0 Å². The van der Waals surface area contributed by atoms with Crippen molar-refractivity contribution < 1.29 is 0 Å². The Balaban J connectivity index is 0.00000128. The van der Waals surface area contributed by atoms with Crippen LogP contribution in [0, 0.1) is 6.92 Å². The third-order valence-corrected chi connectivity index (χ3v) is 2.59. The molecule has 0 aliphatic carbocycles. The van der Waals surface area contributed by atoms with Gasteiger partial charge < -0.3 is 11.5 Å². The van der Waals surface area contributed by atoms with Crippen molar-refractivity contribution in [1.29, 1.82) is 0 Å². The summed E-state index contributed by atoms with van der Waals surface area (Å²) >= 11 is 1.57. The van der Waals surface area contributed by atoms with Gasteiger partial charge in [0, 0.05) is 11.6 Å². The third-order valence-electron chi connectivity index (χ3n) is 1.84. The molecule has 0 aromatic carbocycles. The summed E-state index contributed by atoms with van der Waals surface area (Å²) in [5.74, 6) is -0.0602. The highest BCUT2D eigenvalue weighted by molar-refractivity contribution is 7.15. The lowest BCUT2D eigenvalue weighted by atomic mass is 10.4. The van der Waals surface area contributed by atoms with Gasteiger partial charge in [0.15, 0.2) is 4.96 Å². The highest BCUT2D eigenvalue weighted by Gasteiger charge is 2.06. The van der Waals surface area contributed by atoms with E-state index in [0.717, 1.165) is 16.3 Å². The fourth-order valence-corrected chi connectivity index (χ4v) is 1.98. The number of fused-ring (bicyclic) bond motifs is 1. The van der Waals surface area contributed by atoms with Crippen LogP contribution in [-0.4, -0.2) is 21.6 Å². The molecule has 2 aromatic heterocycles. The number of hydrogen-bond acceptors (Lipinski definition) is 4. The predicted molar refractivity (Wildman–Crippen MR) is 68.5 cm³/mol. The van der Waals surface area contributed by atoms with Crippen LogP contribution in [0.3, 0.4) is 0 Å². The van der Waals surface area contributed by atoms with Gasteiger partial charge in [0.1, 0.15) is 0 Å². The smallest absolute Gasteiger partial charge is 0.211 e. The van der Waals surface area contributed by atoms with Crippen LogP contribution in [0.2, 0.25) is 0 Å². The van der Waals surface area contributed by atoms with Crippen molar-refractivity contribution in [2.24, 2.45) is 21.7 Å². The van der Waals surface area contributed by atoms with E-state index in [4.69, 9.17) is 11.5 Å². The maximum Gasteiger partial charge on any atom is 0.211 e. The van der Waals surface area contributed by atoms with Crippen molar-refractivity contribution in [3.63, 3.8) is 0 Å². The number of imidazole rings is 1. The first-order valence-corrected chi connectivity index (χ1v) is 5.10. The van der Waals surface area contributed by atoms with Gasteiger partial charge in [-0.05, 0) is 6.92 Å². The number of halogens is 1. The molecular weight excluding hydrogens is 248 g/mol. The second-order valence-corrected chi connectivity index (χ2v) is 3.78. The number of rotatable bonds is 2. The fourth-order valence-electron chi connectivity index (χ4n) is 1.22. The van der Waals surface area contributed by atoms with E-state index in [9.17, 15) is 0 Å². The number of hydrogen-bond donors (Lipinski definition) is 2. The van der Waals surface area contributed by atoms with Crippen molar-refractivity contribution in [2.75, 3.05) is 0 Å². The van der Waals surface area contributed by atoms with Crippen molar-refractivity contribution in [3.8, 4) is 0 Å². The summed E-state index contributed by atoms with van der Waals surface area (Å²) in [5.41, 5.74) is 12.1. The molecule has 0 saturated carbocycles. The minimum Gasteiger partial charge on any atom is -0.369 e. The van der Waals surface area contributed by atoms with Crippen molar-refractivity contribution >= 4 is 40.9 Å². The number of guanidine groups is 1. The summed E-state index contributed by atoms with van der Waals surface area (Å²) in [6.45, 7) is 1.91. The lowest BCUT2D eigenvalue weighted by Gasteiger charge is -1.90. The summed E-state index contributed by atoms with van der Waals surface area (Å²) < 4.78 is 1.94. The first-order chi connectivity index (χ1) is 7.18. The molecule has 0 fully saturated rings. The summed E-state index contributed by atoms with van der Waals surface area (Å²) in [5, 5.41) is 9.25. The van der Waals surface area contributed by atoms with Crippen LogP contribution in [-0.2, 0) is 0 Å². The average molecular weight is 259 g/mol. The van der Waals surface area contributed by atoms with Gasteiger partial charge in [0.05, 0.1) is 17.6 Å². The molecule has 0 saturated heterocycles. The van der Waals surface area contributed by atoms with Crippen LogP contribution in [0.4, 0.5) is 0 Å². The van der Waals surface area contributed by atoms with E-state index in [0.29, 0.717) is 0 Å². The standard InChI is InChI=1S/C8H10N6S.ClH/c1-5-6(4-11-13-7(9)10)14-2-3-15-8(14)12-5;/h2-4H,1H3,(H4,9,10,13);1H/b11-4+;. The second kappa shape index (κ2) is 4.95. The van der Waals surface area contributed by atoms with E-state index in [1.807, 2.05) is 22.9 Å². The molecule has 16 heavy (non-hydrogen) atoms. The molecule has 0 unspecified atom stereocenters. The normalized spacial score (nSPS) is 10.6. The minimum atomic E-state index is -0.0602. The summed E-state index contributed by atoms with van der Waals surface area (Å²) in [6, 6.07) is 0. The van der Waals surface area contributed by atoms with Gasteiger partial charge in [0.2, 0.25) is 5.96 Å². The molecule has 0 amide bonds.